The van der Waals surface area contributed by atoms with Crippen molar-refractivity contribution < 1.29 is 18.7 Å². The van der Waals surface area contributed by atoms with E-state index in [0.29, 0.717) is 13.2 Å². The molecule has 28 heavy (non-hydrogen) atoms. The second kappa shape index (κ2) is 14.4. The van der Waals surface area contributed by atoms with Crippen LogP contribution in [0.2, 0.25) is 0 Å². The second-order valence-corrected chi connectivity index (χ2v) is 7.63. The van der Waals surface area contributed by atoms with E-state index in [0.717, 1.165) is 60.4 Å². The monoisotopic (exact) mass is 457 g/mol. The van der Waals surface area contributed by atoms with Crippen LogP contribution < -0.4 is 9.47 Å². The number of ether oxygens (including phenoxy) is 2. The van der Waals surface area contributed by atoms with Gasteiger partial charge in [0.1, 0.15) is 24.7 Å². The fraction of sp³-hybridized carbons (Fsp3) is 0.591. The van der Waals surface area contributed by atoms with Crippen LogP contribution in [0, 0.1) is 6.92 Å². The molecule has 0 unspecified atom stereocenters. The fourth-order valence-corrected chi connectivity index (χ4v) is 2.84. The van der Waals surface area contributed by atoms with Crippen LogP contribution in [-0.2, 0) is 11.3 Å². The first-order valence-electron chi connectivity index (χ1n) is 9.97. The van der Waals surface area contributed by atoms with E-state index in [4.69, 9.17) is 14.3 Å². The van der Waals surface area contributed by atoms with Gasteiger partial charge in [-0.15, -0.1) is 0 Å². The van der Waals surface area contributed by atoms with Crippen molar-refractivity contribution in [3.05, 3.63) is 34.1 Å². The average molecular weight is 458 g/mol. The number of halogens is 2. The topological polar surface area (TPSA) is 40.0 Å². The summed E-state index contributed by atoms with van der Waals surface area (Å²) in [5.74, 6) is 1.68. The van der Waals surface area contributed by atoms with Crippen molar-refractivity contribution in [2.45, 2.75) is 66.2 Å². The molecule has 0 saturated carbocycles. The van der Waals surface area contributed by atoms with E-state index in [1.54, 1.807) is 0 Å². The number of hydrogen-bond acceptors (Lipinski definition) is 4. The molecule has 0 aliphatic rings. The maximum Gasteiger partial charge on any atom is 0.165 e. The average Bonchev–Trinajstić information content (AvgIpc) is 2.63. The molecule has 4 nitrogen and oxygen atoms in total. The van der Waals surface area contributed by atoms with Gasteiger partial charge in [0, 0.05) is 0 Å². The Morgan fingerprint density at radius 2 is 1.75 bits per heavy atom. The highest BCUT2D eigenvalue weighted by Gasteiger charge is 2.09. The molecule has 0 aliphatic heterocycles. The molecule has 1 aromatic rings. The first-order chi connectivity index (χ1) is 13.4. The minimum absolute atomic E-state index is 0.190. The smallest absolute Gasteiger partial charge is 0.165 e. The minimum Gasteiger partial charge on any atom is -0.493 e. The van der Waals surface area contributed by atoms with Gasteiger partial charge in [0.15, 0.2) is 4.74 Å². The zero-order valence-electron chi connectivity index (χ0n) is 17.5. The summed E-state index contributed by atoms with van der Waals surface area (Å²) in [5, 5.41) is 3.93. The van der Waals surface area contributed by atoms with Gasteiger partial charge in [-0.25, -0.2) is 0 Å². The largest absolute Gasteiger partial charge is 0.493 e. The Kier molecular flexibility index (Phi) is 12.6. The number of rotatable bonds is 14. The lowest BCUT2D eigenvalue weighted by Crippen LogP contribution is -2.03. The molecule has 0 bridgehead atoms. The molecule has 0 radical (unpaired) electrons. The molecule has 0 aliphatic carbocycles. The third-order valence-electron chi connectivity index (χ3n) is 4.07. The number of benzene rings is 1. The summed E-state index contributed by atoms with van der Waals surface area (Å²) in [5.41, 5.74) is 3.10. The zero-order chi connectivity index (χ0) is 20.8. The van der Waals surface area contributed by atoms with Gasteiger partial charge in [-0.3, -0.25) is 0 Å². The van der Waals surface area contributed by atoms with E-state index in [2.05, 4.69) is 28.0 Å². The zero-order valence-corrected chi connectivity index (χ0v) is 19.1. The van der Waals surface area contributed by atoms with Gasteiger partial charge < -0.3 is 14.3 Å². The summed E-state index contributed by atoms with van der Waals surface area (Å²) in [6, 6.07) is 3.91. The van der Waals surface area contributed by atoms with Crippen molar-refractivity contribution in [1.29, 1.82) is 0 Å². The van der Waals surface area contributed by atoms with Crippen LogP contribution in [0.5, 0.6) is 11.5 Å². The lowest BCUT2D eigenvalue weighted by Gasteiger charge is -2.15. The Morgan fingerprint density at radius 1 is 1.07 bits per heavy atom. The number of nitrogens with zero attached hydrogens (tertiary/aromatic N) is 1. The molecule has 0 heterocycles. The Bertz CT molecular complexity index is 639. The van der Waals surface area contributed by atoms with Crippen LogP contribution >= 0.6 is 15.9 Å². The quantitative estimate of drug-likeness (QED) is 0.173. The van der Waals surface area contributed by atoms with Gasteiger partial charge in [-0.1, -0.05) is 24.9 Å². The summed E-state index contributed by atoms with van der Waals surface area (Å²) < 4.78 is 23.9. The van der Waals surface area contributed by atoms with Gasteiger partial charge in [-0.2, -0.15) is 4.39 Å². The Hall–Kier alpha value is -1.56. The number of oxime groups is 1. The van der Waals surface area contributed by atoms with Crippen LogP contribution in [0.3, 0.4) is 0 Å². The molecule has 158 valence electrons. The molecule has 1 aromatic carbocycles. The van der Waals surface area contributed by atoms with Gasteiger partial charge in [0.25, 0.3) is 0 Å². The van der Waals surface area contributed by atoms with Crippen molar-refractivity contribution in [3.63, 3.8) is 0 Å². The second-order valence-electron chi connectivity index (χ2n) is 6.87. The fourth-order valence-electron chi connectivity index (χ4n) is 2.71. The van der Waals surface area contributed by atoms with Crippen LogP contribution in [0.15, 0.2) is 28.1 Å². The molecular formula is C22H33BrFNO3. The SMILES string of the molecule is CCc1cc(OC/C=C(/F)Br)cc(C)c1OCCCCCCCON=C(C)C. The molecule has 0 N–H and O–H groups in total. The highest BCUT2D eigenvalue weighted by atomic mass is 79.9. The summed E-state index contributed by atoms with van der Waals surface area (Å²) in [4.78, 5) is 5.19. The van der Waals surface area contributed by atoms with Crippen LogP contribution in [0.25, 0.3) is 0 Å². The summed E-state index contributed by atoms with van der Waals surface area (Å²) in [6.07, 6.45) is 7.72. The van der Waals surface area contributed by atoms with Crippen LogP contribution in [0.4, 0.5) is 4.39 Å². The van der Waals surface area contributed by atoms with E-state index in [9.17, 15) is 4.39 Å². The Balaban J connectivity index is 2.33. The Labute approximate surface area is 177 Å². The maximum atomic E-state index is 12.7. The highest BCUT2D eigenvalue weighted by Crippen LogP contribution is 2.30. The molecule has 0 saturated heterocycles. The third kappa shape index (κ3) is 10.7. The van der Waals surface area contributed by atoms with E-state index < -0.39 is 4.74 Å². The van der Waals surface area contributed by atoms with Crippen molar-refractivity contribution in [3.8, 4) is 11.5 Å². The molecule has 6 heteroatoms. The van der Waals surface area contributed by atoms with Crippen molar-refractivity contribution in [2.24, 2.45) is 5.16 Å². The lowest BCUT2D eigenvalue weighted by atomic mass is 10.1. The minimum atomic E-state index is -0.419. The number of unbranched alkanes of at least 4 members (excludes halogenated alkanes) is 4. The predicted molar refractivity (Wildman–Crippen MR) is 117 cm³/mol. The molecule has 0 amide bonds. The van der Waals surface area contributed by atoms with E-state index in [1.165, 1.54) is 12.5 Å². The predicted octanol–water partition coefficient (Wildman–Crippen LogP) is 6.88. The van der Waals surface area contributed by atoms with E-state index >= 15 is 0 Å². The van der Waals surface area contributed by atoms with Crippen LogP contribution in [-0.4, -0.2) is 25.5 Å². The maximum absolute atomic E-state index is 12.7. The van der Waals surface area contributed by atoms with E-state index in [1.807, 2.05) is 32.9 Å². The number of aryl methyl sites for hydroxylation is 2. The standard InChI is InChI=1S/C22H33BrFNO3/c1-5-19-16-20(26-14-11-21(23)24)15-18(4)22(19)27-12-9-7-6-8-10-13-28-25-17(2)3/h11,15-16H,5-10,12-14H2,1-4H3/b21-11+. The molecule has 0 fully saturated rings. The molecule has 0 aromatic heterocycles. The first kappa shape index (κ1) is 24.5. The van der Waals surface area contributed by atoms with Crippen molar-refractivity contribution in [1.82, 2.24) is 0 Å². The van der Waals surface area contributed by atoms with Crippen molar-refractivity contribution >= 4 is 21.6 Å². The van der Waals surface area contributed by atoms with Gasteiger partial charge in [0.05, 0.1) is 12.3 Å². The molecule has 0 atom stereocenters. The van der Waals surface area contributed by atoms with Gasteiger partial charge >= 0.3 is 0 Å². The summed E-state index contributed by atoms with van der Waals surface area (Å²) in [6.45, 7) is 9.55. The summed E-state index contributed by atoms with van der Waals surface area (Å²) in [7, 11) is 0. The normalized spacial score (nSPS) is 11.3. The molecule has 1 rings (SSSR count). The summed E-state index contributed by atoms with van der Waals surface area (Å²) >= 11 is 2.75. The van der Waals surface area contributed by atoms with Gasteiger partial charge in [0.2, 0.25) is 0 Å². The van der Waals surface area contributed by atoms with Crippen molar-refractivity contribution in [2.75, 3.05) is 19.8 Å². The van der Waals surface area contributed by atoms with Gasteiger partial charge in [-0.05, 0) is 91.7 Å². The Morgan fingerprint density at radius 3 is 2.39 bits per heavy atom. The van der Waals surface area contributed by atoms with Crippen LogP contribution in [0.1, 0.15) is 64.0 Å². The molecular weight excluding hydrogens is 425 g/mol. The first-order valence-corrected chi connectivity index (χ1v) is 10.8. The van der Waals surface area contributed by atoms with E-state index in [-0.39, 0.29) is 6.61 Å². The number of hydrogen-bond donors (Lipinski definition) is 0. The lowest BCUT2D eigenvalue weighted by molar-refractivity contribution is 0.139. The highest BCUT2D eigenvalue weighted by molar-refractivity contribution is 9.11. The third-order valence-corrected chi connectivity index (χ3v) is 4.39. The molecule has 0 spiro atoms.